The monoisotopic (exact) mass is 411 g/mol. The Kier molecular flexibility index (Phi) is 5.47. The largest absolute Gasteiger partial charge is 0.507 e. The molecule has 2 aromatic carbocycles. The highest BCUT2D eigenvalue weighted by Crippen LogP contribution is 2.36. The highest BCUT2D eigenvalue weighted by Gasteiger charge is 2.24. The van der Waals surface area contributed by atoms with E-state index in [2.05, 4.69) is 58.2 Å². The summed E-state index contributed by atoms with van der Waals surface area (Å²) in [5.74, 6) is 0.645. The summed E-state index contributed by atoms with van der Waals surface area (Å²) in [6.07, 6.45) is 1.02. The molecule has 3 rings (SSSR count). The van der Waals surface area contributed by atoms with E-state index in [9.17, 15) is 5.11 Å². The van der Waals surface area contributed by atoms with Crippen LogP contribution >= 0.6 is 32.9 Å². The van der Waals surface area contributed by atoms with Crippen molar-refractivity contribution in [3.8, 4) is 5.75 Å². The lowest BCUT2D eigenvalue weighted by molar-refractivity contribution is 0.338. The van der Waals surface area contributed by atoms with Gasteiger partial charge in [0.05, 0.1) is 4.47 Å². The quantitative estimate of drug-likeness (QED) is 0.752. The standard InChI is InChI=1S/C17H18BrNO.BrH/c1-19-8-7-13-9-16(18)17(20)10-14(13)15(11-19)12-5-3-2-4-6-12;/h2-6,9-10,15,20H,7-8,11H2,1H3;1H. The molecule has 21 heavy (non-hydrogen) atoms. The Morgan fingerprint density at radius 3 is 2.62 bits per heavy atom. The van der Waals surface area contributed by atoms with E-state index in [1.165, 1.54) is 16.7 Å². The second-order valence-corrected chi connectivity index (χ2v) is 6.33. The molecular weight excluding hydrogens is 394 g/mol. The molecule has 1 unspecified atom stereocenters. The molecule has 4 heteroatoms. The molecule has 0 radical (unpaired) electrons. The zero-order valence-corrected chi connectivity index (χ0v) is 15.2. The molecule has 1 aliphatic heterocycles. The van der Waals surface area contributed by atoms with Crippen molar-refractivity contribution >= 4 is 32.9 Å². The molecule has 0 spiro atoms. The molecule has 0 saturated carbocycles. The Bertz CT molecular complexity index is 616. The number of rotatable bonds is 1. The third-order valence-electron chi connectivity index (χ3n) is 4.04. The van der Waals surface area contributed by atoms with Gasteiger partial charge in [0, 0.05) is 19.0 Å². The van der Waals surface area contributed by atoms with Gasteiger partial charge in [0.2, 0.25) is 0 Å². The van der Waals surface area contributed by atoms with Crippen LogP contribution < -0.4 is 0 Å². The number of likely N-dealkylation sites (N-methyl/N-ethyl adjacent to an activating group) is 1. The van der Waals surface area contributed by atoms with Crippen LogP contribution in [-0.2, 0) is 6.42 Å². The van der Waals surface area contributed by atoms with Crippen LogP contribution in [0.25, 0.3) is 0 Å². The fourth-order valence-corrected chi connectivity index (χ4v) is 3.33. The van der Waals surface area contributed by atoms with Crippen LogP contribution in [0.15, 0.2) is 46.9 Å². The number of fused-ring (bicyclic) bond motifs is 1. The Hall–Kier alpha value is -0.840. The van der Waals surface area contributed by atoms with E-state index in [1.54, 1.807) is 0 Å². The van der Waals surface area contributed by atoms with E-state index in [4.69, 9.17) is 0 Å². The number of halogens is 2. The summed E-state index contributed by atoms with van der Waals surface area (Å²) in [7, 11) is 2.16. The molecule has 0 saturated heterocycles. The van der Waals surface area contributed by atoms with Gasteiger partial charge in [-0.05, 0) is 58.2 Å². The lowest BCUT2D eigenvalue weighted by Gasteiger charge is -2.22. The highest BCUT2D eigenvalue weighted by atomic mass is 79.9. The number of hydrogen-bond acceptors (Lipinski definition) is 2. The molecule has 1 aliphatic rings. The van der Waals surface area contributed by atoms with Crippen molar-refractivity contribution in [1.82, 2.24) is 4.90 Å². The summed E-state index contributed by atoms with van der Waals surface area (Å²) in [6, 6.07) is 14.6. The summed E-state index contributed by atoms with van der Waals surface area (Å²) in [6.45, 7) is 2.03. The summed E-state index contributed by atoms with van der Waals surface area (Å²) in [4.78, 5) is 2.36. The van der Waals surface area contributed by atoms with Crippen LogP contribution in [-0.4, -0.2) is 30.1 Å². The molecule has 1 heterocycles. The van der Waals surface area contributed by atoms with Crippen LogP contribution in [0.4, 0.5) is 0 Å². The molecule has 0 bridgehead atoms. The number of aromatic hydroxyl groups is 1. The molecule has 112 valence electrons. The van der Waals surface area contributed by atoms with Gasteiger partial charge in [0.1, 0.15) is 5.75 Å². The first-order chi connectivity index (χ1) is 9.65. The van der Waals surface area contributed by atoms with Gasteiger partial charge in [0.25, 0.3) is 0 Å². The van der Waals surface area contributed by atoms with Gasteiger partial charge in [-0.25, -0.2) is 0 Å². The second kappa shape index (κ2) is 6.95. The summed E-state index contributed by atoms with van der Waals surface area (Å²) in [5.41, 5.74) is 3.89. The maximum Gasteiger partial charge on any atom is 0.130 e. The summed E-state index contributed by atoms with van der Waals surface area (Å²) in [5, 5.41) is 10.0. The van der Waals surface area contributed by atoms with Gasteiger partial charge < -0.3 is 10.0 Å². The van der Waals surface area contributed by atoms with E-state index in [0.29, 0.717) is 11.7 Å². The van der Waals surface area contributed by atoms with Gasteiger partial charge in [-0.2, -0.15) is 0 Å². The molecule has 0 fully saturated rings. The predicted octanol–water partition coefficient (Wildman–Crippen LogP) is 4.35. The zero-order chi connectivity index (χ0) is 14.1. The van der Waals surface area contributed by atoms with Crippen LogP contribution in [0, 0.1) is 0 Å². The van der Waals surface area contributed by atoms with E-state index in [1.807, 2.05) is 12.1 Å². The molecule has 1 N–H and O–H groups in total. The Morgan fingerprint density at radius 2 is 1.90 bits per heavy atom. The SMILES string of the molecule is Br.CN1CCc2cc(Br)c(O)cc2C(c2ccccc2)C1. The van der Waals surface area contributed by atoms with Gasteiger partial charge in [-0.15, -0.1) is 17.0 Å². The Morgan fingerprint density at radius 1 is 1.19 bits per heavy atom. The predicted molar refractivity (Wildman–Crippen MR) is 95.6 cm³/mol. The molecule has 1 atom stereocenters. The molecule has 2 nitrogen and oxygen atoms in total. The average Bonchev–Trinajstić information content (AvgIpc) is 2.61. The van der Waals surface area contributed by atoms with Crippen molar-refractivity contribution in [2.24, 2.45) is 0 Å². The van der Waals surface area contributed by atoms with Crippen molar-refractivity contribution in [2.45, 2.75) is 12.3 Å². The van der Waals surface area contributed by atoms with Gasteiger partial charge in [0.15, 0.2) is 0 Å². The first-order valence-corrected chi connectivity index (χ1v) is 7.69. The lowest BCUT2D eigenvalue weighted by atomic mass is 9.88. The minimum atomic E-state index is 0. The number of phenols is 1. The smallest absolute Gasteiger partial charge is 0.130 e. The van der Waals surface area contributed by atoms with Gasteiger partial charge in [-0.1, -0.05) is 30.3 Å². The maximum atomic E-state index is 10.0. The van der Waals surface area contributed by atoms with E-state index < -0.39 is 0 Å². The maximum absolute atomic E-state index is 10.0. The summed E-state index contributed by atoms with van der Waals surface area (Å²) >= 11 is 3.43. The van der Waals surface area contributed by atoms with E-state index in [0.717, 1.165) is 24.0 Å². The van der Waals surface area contributed by atoms with Crippen molar-refractivity contribution in [3.63, 3.8) is 0 Å². The van der Waals surface area contributed by atoms with Crippen LogP contribution in [0.2, 0.25) is 0 Å². The van der Waals surface area contributed by atoms with Crippen molar-refractivity contribution in [2.75, 3.05) is 20.1 Å². The lowest BCUT2D eigenvalue weighted by Crippen LogP contribution is -2.24. The Labute approximate surface area is 144 Å². The fraction of sp³-hybridized carbons (Fsp3) is 0.294. The number of benzene rings is 2. The normalized spacial score (nSPS) is 18.5. The van der Waals surface area contributed by atoms with Crippen LogP contribution in [0.1, 0.15) is 22.6 Å². The minimum absolute atomic E-state index is 0. The first-order valence-electron chi connectivity index (χ1n) is 6.90. The molecule has 0 aromatic heterocycles. The van der Waals surface area contributed by atoms with Crippen molar-refractivity contribution in [1.29, 1.82) is 0 Å². The van der Waals surface area contributed by atoms with E-state index >= 15 is 0 Å². The number of nitrogens with zero attached hydrogens (tertiary/aromatic N) is 1. The van der Waals surface area contributed by atoms with Crippen LogP contribution in [0.3, 0.4) is 0 Å². The van der Waals surface area contributed by atoms with E-state index in [-0.39, 0.29) is 17.0 Å². The molecule has 0 amide bonds. The third kappa shape index (κ3) is 3.50. The molecule has 2 aromatic rings. The fourth-order valence-electron chi connectivity index (χ4n) is 2.94. The van der Waals surface area contributed by atoms with Gasteiger partial charge >= 0.3 is 0 Å². The molecular formula is C17H19Br2NO. The third-order valence-corrected chi connectivity index (χ3v) is 4.68. The first kappa shape index (κ1) is 16.5. The van der Waals surface area contributed by atoms with Crippen LogP contribution in [0.5, 0.6) is 5.75 Å². The zero-order valence-electron chi connectivity index (χ0n) is 11.9. The number of phenolic OH excluding ortho intramolecular Hbond substituents is 1. The highest BCUT2D eigenvalue weighted by molar-refractivity contribution is 9.10. The van der Waals surface area contributed by atoms with Crippen molar-refractivity contribution in [3.05, 3.63) is 63.6 Å². The number of hydrogen-bond donors (Lipinski definition) is 1. The topological polar surface area (TPSA) is 23.5 Å². The second-order valence-electron chi connectivity index (χ2n) is 5.48. The minimum Gasteiger partial charge on any atom is -0.507 e. The molecule has 0 aliphatic carbocycles. The van der Waals surface area contributed by atoms with Crippen molar-refractivity contribution < 1.29 is 5.11 Å². The average molecular weight is 413 g/mol. The Balaban J connectivity index is 0.00000161. The summed E-state index contributed by atoms with van der Waals surface area (Å²) < 4.78 is 0.785. The van der Waals surface area contributed by atoms with Gasteiger partial charge in [-0.3, -0.25) is 0 Å².